The lowest BCUT2D eigenvalue weighted by molar-refractivity contribution is -0.141. The molecule has 0 aliphatic carbocycles. The predicted octanol–water partition coefficient (Wildman–Crippen LogP) is 3.46. The first-order valence-corrected chi connectivity index (χ1v) is 9.23. The number of rotatable bonds is 2. The van der Waals surface area contributed by atoms with Gasteiger partial charge in [0.1, 0.15) is 5.69 Å². The Kier molecular flexibility index (Phi) is 4.51. The van der Waals surface area contributed by atoms with Crippen LogP contribution in [0.3, 0.4) is 0 Å². The van der Waals surface area contributed by atoms with E-state index in [2.05, 4.69) is 9.97 Å². The molecule has 0 unspecified atom stereocenters. The number of aryl methyl sites for hydroxylation is 1. The van der Waals surface area contributed by atoms with Crippen LogP contribution in [0.25, 0.3) is 0 Å². The number of carbonyl (C=O) groups excluding carboxylic acids is 1. The summed E-state index contributed by atoms with van der Waals surface area (Å²) < 4.78 is 39.0. The zero-order valence-corrected chi connectivity index (χ0v) is 15.6. The lowest BCUT2D eigenvalue weighted by Gasteiger charge is -2.30. The Labute approximate surface area is 161 Å². The molecule has 3 heterocycles. The number of hydrogen-bond donors (Lipinski definition) is 0. The molecule has 148 valence electrons. The topological polar surface area (TPSA) is 49.3 Å². The van der Waals surface area contributed by atoms with Crippen LogP contribution in [0.2, 0.25) is 0 Å². The van der Waals surface area contributed by atoms with Crippen LogP contribution in [-0.4, -0.2) is 40.4 Å². The van der Waals surface area contributed by atoms with Gasteiger partial charge in [-0.1, -0.05) is 24.3 Å². The number of nitrogens with zero attached hydrogens (tertiary/aromatic N) is 4. The monoisotopic (exact) mass is 390 g/mol. The number of anilines is 1. The summed E-state index contributed by atoms with van der Waals surface area (Å²) in [6.07, 6.45) is -3.34. The molecule has 5 nitrogen and oxygen atoms in total. The molecule has 1 aromatic heterocycles. The minimum Gasteiger partial charge on any atom is -0.340 e. The maximum Gasteiger partial charge on any atom is 0.433 e. The van der Waals surface area contributed by atoms with E-state index < -0.39 is 11.9 Å². The number of halogens is 3. The van der Waals surface area contributed by atoms with E-state index in [1.165, 1.54) is 0 Å². The Morgan fingerprint density at radius 3 is 2.57 bits per heavy atom. The van der Waals surface area contributed by atoms with Gasteiger partial charge in [0.15, 0.2) is 0 Å². The molecule has 2 aromatic rings. The number of hydrogen-bond acceptors (Lipinski definition) is 4. The fraction of sp³-hybridized carbons (Fsp3) is 0.450. The highest BCUT2D eigenvalue weighted by atomic mass is 19.4. The second-order valence-electron chi connectivity index (χ2n) is 7.54. The Hall–Kier alpha value is -2.64. The van der Waals surface area contributed by atoms with Crippen molar-refractivity contribution in [3.05, 3.63) is 53.3 Å². The zero-order chi connectivity index (χ0) is 20.1. The van der Waals surface area contributed by atoms with Crippen LogP contribution < -0.4 is 4.90 Å². The van der Waals surface area contributed by atoms with Crippen molar-refractivity contribution in [3.8, 4) is 0 Å². The van der Waals surface area contributed by atoms with E-state index in [9.17, 15) is 18.0 Å². The van der Waals surface area contributed by atoms with E-state index in [1.54, 1.807) is 6.92 Å². The van der Waals surface area contributed by atoms with Crippen molar-refractivity contribution < 1.29 is 18.0 Å². The van der Waals surface area contributed by atoms with Gasteiger partial charge in [0.2, 0.25) is 11.9 Å². The van der Waals surface area contributed by atoms with E-state index in [-0.39, 0.29) is 29.7 Å². The molecule has 8 heteroatoms. The number of alkyl halides is 3. The third-order valence-electron chi connectivity index (χ3n) is 5.79. The molecule has 2 fully saturated rings. The van der Waals surface area contributed by atoms with E-state index in [1.807, 2.05) is 41.0 Å². The van der Waals surface area contributed by atoms with Gasteiger partial charge in [0, 0.05) is 44.6 Å². The fourth-order valence-electron chi connectivity index (χ4n) is 4.51. The van der Waals surface area contributed by atoms with Crippen molar-refractivity contribution in [2.75, 3.05) is 24.5 Å². The summed E-state index contributed by atoms with van der Waals surface area (Å²) in [4.78, 5) is 23.7. The Bertz CT molecular complexity index is 901. The molecule has 2 saturated heterocycles. The standard InChI is InChI=1S/C20H21F3N4O/c1-12-5-3-4-6-15(12)18-16-11-26(9-14(16)10-27(18)13(2)28)19-24-8-7-17(25-19)20(21,22)23/h3-8,14,16,18H,9-11H2,1-2H3/t14-,16-,18+/m1/s1. The third kappa shape index (κ3) is 3.21. The largest absolute Gasteiger partial charge is 0.433 e. The van der Waals surface area contributed by atoms with Gasteiger partial charge >= 0.3 is 6.18 Å². The van der Waals surface area contributed by atoms with Gasteiger partial charge in [-0.15, -0.1) is 0 Å². The molecular formula is C20H21F3N4O. The summed E-state index contributed by atoms with van der Waals surface area (Å²) in [5, 5.41) is 0. The molecule has 0 spiro atoms. The van der Waals surface area contributed by atoms with Crippen molar-refractivity contribution in [2.45, 2.75) is 26.1 Å². The lowest BCUT2D eigenvalue weighted by Crippen LogP contribution is -2.35. The van der Waals surface area contributed by atoms with E-state index in [4.69, 9.17) is 0 Å². The second kappa shape index (κ2) is 6.76. The quantitative estimate of drug-likeness (QED) is 0.788. The minimum atomic E-state index is -4.50. The highest BCUT2D eigenvalue weighted by Crippen LogP contribution is 2.46. The van der Waals surface area contributed by atoms with Crippen LogP contribution in [0.4, 0.5) is 19.1 Å². The zero-order valence-electron chi connectivity index (χ0n) is 15.6. The van der Waals surface area contributed by atoms with Crippen LogP contribution >= 0.6 is 0 Å². The SMILES string of the molecule is CC(=O)N1C[C@H]2CN(c3nccc(C(F)(F)F)n3)C[C@H]2[C@@H]1c1ccccc1C. The number of likely N-dealkylation sites (tertiary alicyclic amines) is 1. The summed E-state index contributed by atoms with van der Waals surface area (Å²) in [5.74, 6) is 0.418. The molecule has 3 atom stereocenters. The van der Waals surface area contributed by atoms with Crippen LogP contribution in [0.15, 0.2) is 36.5 Å². The molecule has 2 aliphatic heterocycles. The molecular weight excluding hydrogens is 369 g/mol. The van der Waals surface area contributed by atoms with Crippen molar-refractivity contribution in [3.63, 3.8) is 0 Å². The molecule has 1 amide bonds. The summed E-state index contributed by atoms with van der Waals surface area (Å²) >= 11 is 0. The average Bonchev–Trinajstić information content (AvgIpc) is 3.20. The van der Waals surface area contributed by atoms with E-state index in [0.717, 1.165) is 23.4 Å². The summed E-state index contributed by atoms with van der Waals surface area (Å²) in [6, 6.07) is 8.76. The van der Waals surface area contributed by atoms with Crippen LogP contribution in [0.5, 0.6) is 0 Å². The molecule has 0 bridgehead atoms. The highest BCUT2D eigenvalue weighted by Gasteiger charge is 2.49. The Balaban J connectivity index is 1.64. The smallest absolute Gasteiger partial charge is 0.340 e. The Morgan fingerprint density at radius 2 is 1.89 bits per heavy atom. The number of fused-ring (bicyclic) bond motifs is 1. The van der Waals surface area contributed by atoms with Gasteiger partial charge in [0.25, 0.3) is 0 Å². The Morgan fingerprint density at radius 1 is 1.14 bits per heavy atom. The number of aromatic nitrogens is 2. The van der Waals surface area contributed by atoms with Gasteiger partial charge in [-0.3, -0.25) is 4.79 Å². The maximum atomic E-state index is 13.0. The number of carbonyl (C=O) groups is 1. The van der Waals surface area contributed by atoms with E-state index >= 15 is 0 Å². The first-order chi connectivity index (χ1) is 13.3. The van der Waals surface area contributed by atoms with Gasteiger partial charge in [-0.05, 0) is 24.1 Å². The van der Waals surface area contributed by atoms with Gasteiger partial charge in [-0.2, -0.15) is 13.2 Å². The molecule has 28 heavy (non-hydrogen) atoms. The van der Waals surface area contributed by atoms with Crippen LogP contribution in [0.1, 0.15) is 29.8 Å². The fourth-order valence-corrected chi connectivity index (χ4v) is 4.51. The maximum absolute atomic E-state index is 13.0. The first-order valence-electron chi connectivity index (χ1n) is 9.23. The van der Waals surface area contributed by atoms with Gasteiger partial charge < -0.3 is 9.80 Å². The normalized spacial score (nSPS) is 24.5. The second-order valence-corrected chi connectivity index (χ2v) is 7.54. The highest BCUT2D eigenvalue weighted by molar-refractivity contribution is 5.74. The predicted molar refractivity (Wildman–Crippen MR) is 97.5 cm³/mol. The average molecular weight is 390 g/mol. The lowest BCUT2D eigenvalue weighted by atomic mass is 9.87. The van der Waals surface area contributed by atoms with Crippen molar-refractivity contribution in [2.24, 2.45) is 11.8 Å². The molecule has 1 aromatic carbocycles. The van der Waals surface area contributed by atoms with Crippen molar-refractivity contribution in [1.82, 2.24) is 14.9 Å². The molecule has 4 rings (SSSR count). The van der Waals surface area contributed by atoms with Gasteiger partial charge in [-0.25, -0.2) is 9.97 Å². The van der Waals surface area contributed by atoms with E-state index in [0.29, 0.717) is 19.6 Å². The molecule has 0 saturated carbocycles. The molecule has 2 aliphatic rings. The summed E-state index contributed by atoms with van der Waals surface area (Å²) in [7, 11) is 0. The van der Waals surface area contributed by atoms with Gasteiger partial charge in [0.05, 0.1) is 6.04 Å². The molecule has 0 N–H and O–H groups in total. The summed E-state index contributed by atoms with van der Waals surface area (Å²) in [5.41, 5.74) is 1.26. The number of amides is 1. The van der Waals surface area contributed by atoms with Crippen molar-refractivity contribution in [1.29, 1.82) is 0 Å². The van der Waals surface area contributed by atoms with Crippen molar-refractivity contribution >= 4 is 11.9 Å². The third-order valence-corrected chi connectivity index (χ3v) is 5.79. The first kappa shape index (κ1) is 18.7. The van der Waals surface area contributed by atoms with Crippen LogP contribution in [-0.2, 0) is 11.0 Å². The minimum absolute atomic E-state index is 0.0181. The number of benzene rings is 1. The van der Waals surface area contributed by atoms with Crippen LogP contribution in [0, 0.1) is 18.8 Å². The molecule has 0 radical (unpaired) electrons. The summed E-state index contributed by atoms with van der Waals surface area (Å²) in [6.45, 7) is 5.24.